The summed E-state index contributed by atoms with van der Waals surface area (Å²) in [4.78, 5) is 12.6. The summed E-state index contributed by atoms with van der Waals surface area (Å²) in [5.41, 5.74) is 1.37. The molecule has 0 radical (unpaired) electrons. The molecule has 6 nitrogen and oxygen atoms in total. The van der Waals surface area contributed by atoms with Gasteiger partial charge in [0.15, 0.2) is 11.0 Å². The van der Waals surface area contributed by atoms with E-state index in [4.69, 9.17) is 39.5 Å². The SMILES string of the molecule is O=C(CSc1nnc(COc2ccccc2)n1Cc1ccc(Br)cc1)Nc1c(Cl)cc(Cl)cc1Cl. The highest BCUT2D eigenvalue weighted by Gasteiger charge is 2.17. The molecule has 0 atom stereocenters. The molecule has 1 aromatic heterocycles. The minimum absolute atomic E-state index is 0.0767. The number of nitrogens with one attached hydrogen (secondary N) is 1. The van der Waals surface area contributed by atoms with Crippen molar-refractivity contribution in [3.8, 4) is 5.75 Å². The highest BCUT2D eigenvalue weighted by molar-refractivity contribution is 9.10. The zero-order valence-electron chi connectivity index (χ0n) is 18.1. The molecule has 35 heavy (non-hydrogen) atoms. The Balaban J connectivity index is 1.49. The summed E-state index contributed by atoms with van der Waals surface area (Å²) in [5.74, 6) is 1.16. The number of nitrogens with zero attached hydrogens (tertiary/aromatic N) is 3. The van der Waals surface area contributed by atoms with Gasteiger partial charge in [-0.15, -0.1) is 10.2 Å². The van der Waals surface area contributed by atoms with E-state index in [9.17, 15) is 4.79 Å². The Kier molecular flexibility index (Phi) is 8.97. The van der Waals surface area contributed by atoms with Crippen molar-refractivity contribution >= 4 is 74.1 Å². The summed E-state index contributed by atoms with van der Waals surface area (Å²) in [6, 6.07) is 20.5. The molecule has 0 spiro atoms. The highest BCUT2D eigenvalue weighted by Crippen LogP contribution is 2.34. The number of rotatable bonds is 9. The molecule has 11 heteroatoms. The average molecular weight is 613 g/mol. The van der Waals surface area contributed by atoms with E-state index >= 15 is 0 Å². The predicted molar refractivity (Wildman–Crippen MR) is 145 cm³/mol. The lowest BCUT2D eigenvalue weighted by Crippen LogP contribution is -2.16. The molecule has 1 amide bonds. The van der Waals surface area contributed by atoms with Crippen LogP contribution in [0.15, 0.2) is 76.4 Å². The van der Waals surface area contributed by atoms with Crippen molar-refractivity contribution in [1.82, 2.24) is 14.8 Å². The largest absolute Gasteiger partial charge is 0.486 e. The number of carbonyl (C=O) groups is 1. The second kappa shape index (κ2) is 12.1. The van der Waals surface area contributed by atoms with Crippen LogP contribution < -0.4 is 10.1 Å². The maximum atomic E-state index is 12.6. The quantitative estimate of drug-likeness (QED) is 0.200. The first-order chi connectivity index (χ1) is 16.9. The van der Waals surface area contributed by atoms with E-state index in [-0.39, 0.29) is 28.3 Å². The van der Waals surface area contributed by atoms with Crippen LogP contribution in [0.5, 0.6) is 5.75 Å². The van der Waals surface area contributed by atoms with E-state index in [0.717, 1.165) is 15.8 Å². The Bertz CT molecular complexity index is 1300. The van der Waals surface area contributed by atoms with Crippen LogP contribution in [-0.4, -0.2) is 26.4 Å². The number of para-hydroxylation sites is 1. The second-order valence-corrected chi connectivity index (χ2v) is 10.4. The number of ether oxygens (including phenoxy) is 1. The number of hydrogen-bond acceptors (Lipinski definition) is 5. The monoisotopic (exact) mass is 610 g/mol. The summed E-state index contributed by atoms with van der Waals surface area (Å²) in [6.45, 7) is 0.753. The number of anilines is 1. The van der Waals surface area contributed by atoms with E-state index in [1.165, 1.54) is 23.9 Å². The maximum absolute atomic E-state index is 12.6. The van der Waals surface area contributed by atoms with Crippen molar-refractivity contribution < 1.29 is 9.53 Å². The molecule has 4 rings (SSSR count). The molecule has 4 aromatic rings. The van der Waals surface area contributed by atoms with Gasteiger partial charge in [0.25, 0.3) is 0 Å². The van der Waals surface area contributed by atoms with Crippen molar-refractivity contribution in [2.45, 2.75) is 18.3 Å². The summed E-state index contributed by atoms with van der Waals surface area (Å²) in [7, 11) is 0. The van der Waals surface area contributed by atoms with Gasteiger partial charge in [0.05, 0.1) is 28.0 Å². The number of carbonyl (C=O) groups excluding carboxylic acids is 1. The zero-order valence-corrected chi connectivity index (χ0v) is 22.7. The first-order valence-corrected chi connectivity index (χ1v) is 13.2. The van der Waals surface area contributed by atoms with Crippen molar-refractivity contribution in [3.05, 3.63) is 97.7 Å². The number of hydrogen-bond donors (Lipinski definition) is 1. The molecular formula is C24H18BrCl3N4O2S. The van der Waals surface area contributed by atoms with Crippen LogP contribution >= 0.6 is 62.5 Å². The van der Waals surface area contributed by atoms with Crippen molar-refractivity contribution in [2.75, 3.05) is 11.1 Å². The standard InChI is InChI=1S/C24H18BrCl3N4O2S/c25-16-8-6-15(7-9-16)12-32-21(13-34-18-4-2-1-3-5-18)30-31-24(32)35-14-22(33)29-23-19(27)10-17(26)11-20(23)28/h1-11H,12-14H2,(H,29,33). The molecule has 1 N–H and O–H groups in total. The van der Waals surface area contributed by atoms with E-state index < -0.39 is 0 Å². The lowest BCUT2D eigenvalue weighted by atomic mass is 10.2. The van der Waals surface area contributed by atoms with Gasteiger partial charge in [-0.3, -0.25) is 9.36 Å². The molecule has 0 aliphatic heterocycles. The van der Waals surface area contributed by atoms with E-state index in [1.54, 1.807) is 0 Å². The molecule has 3 aromatic carbocycles. The molecule has 0 saturated heterocycles. The van der Waals surface area contributed by atoms with Gasteiger partial charge < -0.3 is 10.1 Å². The summed E-state index contributed by atoms with van der Waals surface area (Å²) >= 11 is 23.0. The van der Waals surface area contributed by atoms with Crippen LogP contribution in [0.2, 0.25) is 15.1 Å². The van der Waals surface area contributed by atoms with E-state index in [2.05, 4.69) is 31.4 Å². The zero-order chi connectivity index (χ0) is 24.8. The van der Waals surface area contributed by atoms with Crippen LogP contribution in [0.4, 0.5) is 5.69 Å². The molecule has 0 aliphatic carbocycles. The molecule has 0 aliphatic rings. The summed E-state index contributed by atoms with van der Waals surface area (Å²) < 4.78 is 8.81. The van der Waals surface area contributed by atoms with Crippen LogP contribution in [0, 0.1) is 0 Å². The fourth-order valence-electron chi connectivity index (χ4n) is 3.10. The third-order valence-electron chi connectivity index (χ3n) is 4.76. The van der Waals surface area contributed by atoms with Gasteiger partial charge in [0.1, 0.15) is 12.4 Å². The van der Waals surface area contributed by atoms with Crippen molar-refractivity contribution in [2.24, 2.45) is 0 Å². The number of aromatic nitrogens is 3. The Morgan fingerprint density at radius 2 is 1.69 bits per heavy atom. The fraction of sp³-hybridized carbons (Fsp3) is 0.125. The lowest BCUT2D eigenvalue weighted by Gasteiger charge is -2.12. The molecule has 0 saturated carbocycles. The van der Waals surface area contributed by atoms with Gasteiger partial charge in [0.2, 0.25) is 5.91 Å². The molecule has 180 valence electrons. The van der Waals surface area contributed by atoms with Crippen LogP contribution in [-0.2, 0) is 17.9 Å². The number of halogens is 4. The van der Waals surface area contributed by atoms with Crippen LogP contribution in [0.1, 0.15) is 11.4 Å². The van der Waals surface area contributed by atoms with Crippen molar-refractivity contribution in [1.29, 1.82) is 0 Å². The fourth-order valence-corrected chi connectivity index (χ4v) is 5.03. The Morgan fingerprint density at radius 1 is 1.00 bits per heavy atom. The third kappa shape index (κ3) is 7.15. The second-order valence-electron chi connectivity index (χ2n) is 7.29. The Hall–Kier alpha value is -2.23. The van der Waals surface area contributed by atoms with Crippen LogP contribution in [0.25, 0.3) is 0 Å². The molecule has 1 heterocycles. The molecular weight excluding hydrogens is 595 g/mol. The number of thioether (sulfide) groups is 1. The number of amides is 1. The lowest BCUT2D eigenvalue weighted by molar-refractivity contribution is -0.113. The van der Waals surface area contributed by atoms with Gasteiger partial charge in [-0.1, -0.05) is 92.8 Å². The highest BCUT2D eigenvalue weighted by atomic mass is 79.9. The minimum Gasteiger partial charge on any atom is -0.486 e. The smallest absolute Gasteiger partial charge is 0.234 e. The van der Waals surface area contributed by atoms with Crippen molar-refractivity contribution in [3.63, 3.8) is 0 Å². The minimum atomic E-state index is -0.290. The van der Waals surface area contributed by atoms with Gasteiger partial charge in [-0.05, 0) is 42.0 Å². The normalized spacial score (nSPS) is 10.9. The molecule has 0 bridgehead atoms. The predicted octanol–water partition coefficient (Wildman–Crippen LogP) is 7.36. The van der Waals surface area contributed by atoms with E-state index in [1.807, 2.05) is 59.2 Å². The van der Waals surface area contributed by atoms with Gasteiger partial charge in [0, 0.05) is 9.50 Å². The number of benzene rings is 3. The van der Waals surface area contributed by atoms with Gasteiger partial charge >= 0.3 is 0 Å². The first kappa shape index (κ1) is 25.9. The topological polar surface area (TPSA) is 69.0 Å². The average Bonchev–Trinajstić information content (AvgIpc) is 3.22. The van der Waals surface area contributed by atoms with E-state index in [0.29, 0.717) is 28.2 Å². The van der Waals surface area contributed by atoms with Gasteiger partial charge in [-0.2, -0.15) is 0 Å². The molecule has 0 unspecified atom stereocenters. The Labute approximate surface area is 230 Å². The Morgan fingerprint density at radius 3 is 2.37 bits per heavy atom. The third-order valence-corrected chi connectivity index (χ3v) is 7.07. The van der Waals surface area contributed by atoms with Gasteiger partial charge in [-0.25, -0.2) is 0 Å². The summed E-state index contributed by atoms with van der Waals surface area (Å²) in [6.07, 6.45) is 0. The van der Waals surface area contributed by atoms with Crippen LogP contribution in [0.3, 0.4) is 0 Å². The first-order valence-electron chi connectivity index (χ1n) is 10.3. The maximum Gasteiger partial charge on any atom is 0.234 e. The summed E-state index contributed by atoms with van der Waals surface area (Å²) in [5, 5.41) is 12.9. The molecule has 0 fully saturated rings.